The molecule has 15 heavy (non-hydrogen) atoms. The third-order valence-electron chi connectivity index (χ3n) is 2.36. The van der Waals surface area contributed by atoms with Gasteiger partial charge in [-0.2, -0.15) is 0 Å². The number of carbonyl (C=O) groups excluding carboxylic acids is 1. The smallest absolute Gasteiger partial charge is 0.282 e. The maximum Gasteiger partial charge on any atom is 0.282 e. The van der Waals surface area contributed by atoms with Crippen LogP contribution in [0.25, 0.3) is 0 Å². The topological polar surface area (TPSA) is 35.5 Å². The van der Waals surface area contributed by atoms with E-state index < -0.39 is 0 Å². The van der Waals surface area contributed by atoms with Gasteiger partial charge in [0.1, 0.15) is 5.78 Å². The highest BCUT2D eigenvalue weighted by Crippen LogP contribution is 2.16. The number of ketones is 1. The van der Waals surface area contributed by atoms with Crippen LogP contribution in [0, 0.1) is 11.8 Å². The Labute approximate surface area is 94.8 Å². The van der Waals surface area contributed by atoms with Crippen molar-refractivity contribution in [2.45, 2.75) is 33.1 Å². The summed E-state index contributed by atoms with van der Waals surface area (Å²) in [5, 5.41) is 0. The molecule has 0 saturated carbocycles. The van der Waals surface area contributed by atoms with Crippen molar-refractivity contribution < 1.29 is 14.1 Å². The first-order chi connectivity index (χ1) is 7.10. The third-order valence-corrected chi connectivity index (χ3v) is 2.36. The van der Waals surface area contributed by atoms with Crippen LogP contribution in [0.4, 0.5) is 0 Å². The summed E-state index contributed by atoms with van der Waals surface area (Å²) < 4.78 is 9.14. The van der Waals surface area contributed by atoms with Gasteiger partial charge >= 0.3 is 0 Å². The quantitative estimate of drug-likeness (QED) is 0.534. The van der Waals surface area contributed by atoms with Crippen LogP contribution in [0.1, 0.15) is 33.1 Å². The summed E-state index contributed by atoms with van der Waals surface area (Å²) >= 11 is 0. The molecule has 0 bridgehead atoms. The molecule has 0 amide bonds. The van der Waals surface area contributed by atoms with Gasteiger partial charge in [0.05, 0.1) is 0 Å². The maximum absolute atomic E-state index is 11.0. The fourth-order valence-corrected chi connectivity index (χ4v) is 1.55. The number of hydrogen-bond donors (Lipinski definition) is 0. The summed E-state index contributed by atoms with van der Waals surface area (Å²) in [6, 6.07) is 0. The third kappa shape index (κ3) is 8.70. The normalized spacial score (nSPS) is 14.8. The minimum Gasteiger partial charge on any atom is -0.447 e. The molecular formula is C10H18B2O3. The molecule has 0 aromatic carbocycles. The Bertz CT molecular complexity index is 176. The molecule has 3 nitrogen and oxygen atoms in total. The fraction of sp³-hybridized carbons (Fsp3) is 0.900. The molecule has 0 heterocycles. The van der Waals surface area contributed by atoms with Crippen molar-refractivity contribution in [3.63, 3.8) is 0 Å². The van der Waals surface area contributed by atoms with Gasteiger partial charge in [-0.05, 0) is 31.6 Å². The molecule has 82 valence electrons. The molecule has 0 rings (SSSR count). The van der Waals surface area contributed by atoms with Crippen LogP contribution in [0.15, 0.2) is 0 Å². The second kappa shape index (κ2) is 8.98. The lowest BCUT2D eigenvalue weighted by Crippen LogP contribution is -2.15. The molecular weight excluding hydrogens is 190 g/mol. The van der Waals surface area contributed by atoms with E-state index in [0.717, 1.165) is 12.8 Å². The van der Waals surface area contributed by atoms with Crippen molar-refractivity contribution in [1.82, 2.24) is 0 Å². The standard InChI is InChI=1S/C10H18B2O3/c1-8(6-14-11)3-4-10(7-15-12)5-9(2)13/h8,10H,3-7H2,1-2H3. The molecule has 0 N–H and O–H groups in total. The van der Waals surface area contributed by atoms with Crippen molar-refractivity contribution in [3.8, 4) is 0 Å². The summed E-state index contributed by atoms with van der Waals surface area (Å²) in [4.78, 5) is 11.0. The zero-order valence-corrected chi connectivity index (χ0v) is 9.57. The number of rotatable bonds is 9. The first kappa shape index (κ1) is 14.7. The molecule has 0 aliphatic heterocycles. The van der Waals surface area contributed by atoms with Crippen LogP contribution in [-0.2, 0) is 14.1 Å². The Morgan fingerprint density at radius 2 is 1.80 bits per heavy atom. The van der Waals surface area contributed by atoms with Gasteiger partial charge < -0.3 is 14.1 Å². The Hall–Kier alpha value is -0.280. The molecule has 0 aromatic heterocycles. The average molecular weight is 208 g/mol. The summed E-state index contributed by atoms with van der Waals surface area (Å²) in [6.07, 6.45) is 2.38. The summed E-state index contributed by atoms with van der Waals surface area (Å²) in [5.74, 6) is 0.759. The van der Waals surface area contributed by atoms with E-state index >= 15 is 0 Å². The fourth-order valence-electron chi connectivity index (χ4n) is 1.55. The summed E-state index contributed by atoms with van der Waals surface area (Å²) in [7, 11) is 9.99. The first-order valence-electron chi connectivity index (χ1n) is 5.23. The van der Waals surface area contributed by atoms with Gasteiger partial charge in [0, 0.05) is 19.6 Å². The van der Waals surface area contributed by atoms with E-state index in [2.05, 4.69) is 16.2 Å². The largest absolute Gasteiger partial charge is 0.447 e. The van der Waals surface area contributed by atoms with Gasteiger partial charge in [-0.25, -0.2) is 0 Å². The van der Waals surface area contributed by atoms with E-state index in [1.807, 2.05) is 0 Å². The number of hydrogen-bond acceptors (Lipinski definition) is 3. The van der Waals surface area contributed by atoms with Gasteiger partial charge in [-0.1, -0.05) is 6.92 Å². The average Bonchev–Trinajstić information content (AvgIpc) is 2.14. The first-order valence-corrected chi connectivity index (χ1v) is 5.23. The predicted molar refractivity (Wildman–Crippen MR) is 60.6 cm³/mol. The van der Waals surface area contributed by atoms with E-state index in [1.54, 1.807) is 6.92 Å². The molecule has 4 radical (unpaired) electrons. The van der Waals surface area contributed by atoms with E-state index in [0.29, 0.717) is 25.6 Å². The monoisotopic (exact) mass is 208 g/mol. The summed E-state index contributed by atoms with van der Waals surface area (Å²) in [5.41, 5.74) is 0. The van der Waals surface area contributed by atoms with Crippen LogP contribution in [0.5, 0.6) is 0 Å². The lowest BCUT2D eigenvalue weighted by molar-refractivity contribution is -0.118. The number of carbonyl (C=O) groups is 1. The van der Waals surface area contributed by atoms with Crippen LogP contribution < -0.4 is 0 Å². The van der Waals surface area contributed by atoms with Crippen molar-refractivity contribution in [2.24, 2.45) is 11.8 Å². The van der Waals surface area contributed by atoms with Crippen LogP contribution in [0.2, 0.25) is 0 Å². The molecule has 0 aliphatic rings. The Balaban J connectivity index is 3.78. The van der Waals surface area contributed by atoms with Gasteiger partial charge in [0.25, 0.3) is 16.1 Å². The van der Waals surface area contributed by atoms with Gasteiger partial charge in [-0.3, -0.25) is 0 Å². The molecule has 0 aromatic rings. The van der Waals surface area contributed by atoms with Crippen molar-refractivity contribution >= 4 is 21.9 Å². The molecule has 0 spiro atoms. The van der Waals surface area contributed by atoms with Gasteiger partial charge in [0.2, 0.25) is 0 Å². The molecule has 2 unspecified atom stereocenters. The molecule has 0 aliphatic carbocycles. The van der Waals surface area contributed by atoms with Crippen LogP contribution in [0.3, 0.4) is 0 Å². The van der Waals surface area contributed by atoms with E-state index in [9.17, 15) is 4.79 Å². The van der Waals surface area contributed by atoms with E-state index in [1.165, 1.54) is 0 Å². The minimum absolute atomic E-state index is 0.166. The minimum atomic E-state index is 0.166. The second-order valence-electron chi connectivity index (χ2n) is 4.12. The Morgan fingerprint density at radius 3 is 2.27 bits per heavy atom. The molecule has 5 heteroatoms. The molecule has 2 atom stereocenters. The zero-order valence-electron chi connectivity index (χ0n) is 9.57. The van der Waals surface area contributed by atoms with Crippen molar-refractivity contribution in [3.05, 3.63) is 0 Å². The summed E-state index contributed by atoms with van der Waals surface area (Å²) in [6.45, 7) is 4.60. The van der Waals surface area contributed by atoms with Crippen LogP contribution in [-0.4, -0.2) is 35.1 Å². The van der Waals surface area contributed by atoms with E-state index in [4.69, 9.17) is 16.1 Å². The Kier molecular flexibility index (Phi) is 8.82. The van der Waals surface area contributed by atoms with Gasteiger partial charge in [-0.15, -0.1) is 0 Å². The predicted octanol–water partition coefficient (Wildman–Crippen LogP) is 1.20. The highest BCUT2D eigenvalue weighted by atomic mass is 16.4. The lowest BCUT2D eigenvalue weighted by atomic mass is 9.94. The maximum atomic E-state index is 11.0. The second-order valence-corrected chi connectivity index (χ2v) is 4.12. The van der Waals surface area contributed by atoms with Crippen molar-refractivity contribution in [1.29, 1.82) is 0 Å². The van der Waals surface area contributed by atoms with Crippen molar-refractivity contribution in [2.75, 3.05) is 13.2 Å². The molecule has 0 fully saturated rings. The van der Waals surface area contributed by atoms with Crippen LogP contribution >= 0.6 is 0 Å². The highest BCUT2D eigenvalue weighted by molar-refractivity contribution is 5.98. The van der Waals surface area contributed by atoms with Gasteiger partial charge in [0.15, 0.2) is 0 Å². The molecule has 0 saturated heterocycles. The Morgan fingerprint density at radius 1 is 1.20 bits per heavy atom. The lowest BCUT2D eigenvalue weighted by Gasteiger charge is -2.17. The highest BCUT2D eigenvalue weighted by Gasteiger charge is 2.12. The zero-order chi connectivity index (χ0) is 11.7. The van der Waals surface area contributed by atoms with E-state index in [-0.39, 0.29) is 11.7 Å². The SMILES string of the molecule is [B]OCC(C)CCC(CO[B])CC(C)=O. The number of Topliss-reactive ketones (excluding diaryl/α,β-unsaturated/α-hetero) is 1.